The molecular formula is C21H17N3O3. The van der Waals surface area contributed by atoms with E-state index in [0.29, 0.717) is 5.56 Å². The molecule has 0 aliphatic heterocycles. The third-order valence-corrected chi connectivity index (χ3v) is 3.95. The lowest BCUT2D eigenvalue weighted by Gasteiger charge is -2.05. The number of amides is 1. The summed E-state index contributed by atoms with van der Waals surface area (Å²) in [7, 11) is 0. The Morgan fingerprint density at radius 2 is 1.85 bits per heavy atom. The highest BCUT2D eigenvalue weighted by molar-refractivity contribution is 5.90. The van der Waals surface area contributed by atoms with Crippen molar-refractivity contribution in [2.45, 2.75) is 6.42 Å². The van der Waals surface area contributed by atoms with Crippen molar-refractivity contribution in [3.8, 4) is 0 Å². The molecule has 0 aromatic heterocycles. The molecule has 3 aromatic carbocycles. The number of carbonyl (C=O) groups excluding carboxylic acids is 1. The Morgan fingerprint density at radius 3 is 2.70 bits per heavy atom. The summed E-state index contributed by atoms with van der Waals surface area (Å²) >= 11 is 0. The number of rotatable bonds is 6. The highest BCUT2D eigenvalue weighted by Crippen LogP contribution is 2.18. The minimum absolute atomic E-state index is 0.0254. The highest BCUT2D eigenvalue weighted by Gasteiger charge is 2.06. The molecule has 27 heavy (non-hydrogen) atoms. The van der Waals surface area contributed by atoms with Crippen LogP contribution in [0.1, 0.15) is 11.1 Å². The summed E-state index contributed by atoms with van der Waals surface area (Å²) in [6.07, 6.45) is 4.94. The Bertz CT molecular complexity index is 1040. The summed E-state index contributed by atoms with van der Waals surface area (Å²) in [6.45, 7) is 0. The van der Waals surface area contributed by atoms with Gasteiger partial charge < -0.3 is 0 Å². The monoisotopic (exact) mass is 359 g/mol. The zero-order valence-corrected chi connectivity index (χ0v) is 14.4. The largest absolute Gasteiger partial charge is 0.273 e. The van der Waals surface area contributed by atoms with Gasteiger partial charge in [-0.05, 0) is 28.0 Å². The van der Waals surface area contributed by atoms with Gasteiger partial charge in [-0.1, -0.05) is 60.7 Å². The van der Waals surface area contributed by atoms with Crippen molar-refractivity contribution >= 4 is 34.7 Å². The van der Waals surface area contributed by atoms with Crippen LogP contribution >= 0.6 is 0 Å². The van der Waals surface area contributed by atoms with Crippen LogP contribution in [0.15, 0.2) is 77.9 Å². The lowest BCUT2D eigenvalue weighted by molar-refractivity contribution is -0.384. The van der Waals surface area contributed by atoms with Gasteiger partial charge in [0.15, 0.2) is 0 Å². The third kappa shape index (κ3) is 4.85. The third-order valence-electron chi connectivity index (χ3n) is 3.95. The van der Waals surface area contributed by atoms with Crippen LogP contribution in [-0.4, -0.2) is 17.0 Å². The van der Waals surface area contributed by atoms with Gasteiger partial charge >= 0.3 is 0 Å². The first-order valence-corrected chi connectivity index (χ1v) is 8.33. The van der Waals surface area contributed by atoms with Gasteiger partial charge in [0.1, 0.15) is 0 Å². The maximum atomic E-state index is 12.1. The van der Waals surface area contributed by atoms with Crippen molar-refractivity contribution in [2.75, 3.05) is 0 Å². The molecule has 0 spiro atoms. The predicted molar refractivity (Wildman–Crippen MR) is 106 cm³/mol. The van der Waals surface area contributed by atoms with E-state index in [2.05, 4.69) is 10.5 Å². The van der Waals surface area contributed by atoms with Crippen LogP contribution in [-0.2, 0) is 11.2 Å². The highest BCUT2D eigenvalue weighted by atomic mass is 16.6. The average Bonchev–Trinajstić information content (AvgIpc) is 2.68. The summed E-state index contributed by atoms with van der Waals surface area (Å²) in [5.41, 5.74) is 4.12. The minimum Gasteiger partial charge on any atom is -0.273 e. The normalized spacial score (nSPS) is 11.3. The molecule has 3 aromatic rings. The number of nitrogens with one attached hydrogen (secondary N) is 1. The smallest absolute Gasteiger partial charge is 0.270 e. The molecule has 0 aliphatic carbocycles. The summed E-state index contributed by atoms with van der Waals surface area (Å²) < 4.78 is 0. The topological polar surface area (TPSA) is 84.6 Å². The molecule has 0 unspecified atom stereocenters. The van der Waals surface area contributed by atoms with E-state index in [0.717, 1.165) is 16.3 Å². The zero-order chi connectivity index (χ0) is 19.1. The molecule has 6 nitrogen and oxygen atoms in total. The van der Waals surface area contributed by atoms with Gasteiger partial charge in [0.25, 0.3) is 5.69 Å². The molecule has 0 atom stereocenters. The van der Waals surface area contributed by atoms with E-state index in [1.54, 1.807) is 24.3 Å². The van der Waals surface area contributed by atoms with Gasteiger partial charge in [0.2, 0.25) is 5.91 Å². The Labute approximate surface area is 156 Å². The van der Waals surface area contributed by atoms with Crippen molar-refractivity contribution in [3.05, 3.63) is 94.0 Å². The Hall–Kier alpha value is -3.80. The minimum atomic E-state index is -0.446. The number of hydrogen-bond acceptors (Lipinski definition) is 4. The number of nitro groups is 1. The van der Waals surface area contributed by atoms with E-state index in [4.69, 9.17) is 0 Å². The number of benzene rings is 3. The second kappa shape index (κ2) is 8.53. The molecule has 1 N–H and O–H groups in total. The van der Waals surface area contributed by atoms with E-state index < -0.39 is 4.92 Å². The van der Waals surface area contributed by atoms with Gasteiger partial charge in [0.05, 0.1) is 11.3 Å². The molecule has 1 amide bonds. The van der Waals surface area contributed by atoms with Crippen molar-refractivity contribution in [1.82, 2.24) is 5.43 Å². The first-order chi connectivity index (χ1) is 13.1. The van der Waals surface area contributed by atoms with Gasteiger partial charge in [-0.2, -0.15) is 5.10 Å². The Morgan fingerprint density at radius 1 is 1.07 bits per heavy atom. The molecule has 0 bridgehead atoms. The van der Waals surface area contributed by atoms with Gasteiger partial charge in [0, 0.05) is 18.3 Å². The van der Waals surface area contributed by atoms with Crippen molar-refractivity contribution < 1.29 is 9.72 Å². The van der Waals surface area contributed by atoms with Crippen LogP contribution in [0.5, 0.6) is 0 Å². The molecular weight excluding hydrogens is 342 g/mol. The van der Waals surface area contributed by atoms with Gasteiger partial charge in [-0.3, -0.25) is 14.9 Å². The molecule has 134 valence electrons. The maximum Gasteiger partial charge on any atom is 0.270 e. The average molecular weight is 359 g/mol. The van der Waals surface area contributed by atoms with Crippen molar-refractivity contribution in [3.63, 3.8) is 0 Å². The molecule has 3 rings (SSSR count). The van der Waals surface area contributed by atoms with Gasteiger partial charge in [-0.25, -0.2) is 5.43 Å². The predicted octanol–water partition coefficient (Wildman–Crippen LogP) is 4.11. The van der Waals surface area contributed by atoms with Crippen LogP contribution in [0.4, 0.5) is 5.69 Å². The number of nitro benzene ring substituents is 1. The summed E-state index contributed by atoms with van der Waals surface area (Å²) in [6, 6.07) is 20.0. The quantitative estimate of drug-likeness (QED) is 0.408. The van der Waals surface area contributed by atoms with Crippen LogP contribution in [0.25, 0.3) is 16.8 Å². The van der Waals surface area contributed by atoms with Crippen molar-refractivity contribution in [1.29, 1.82) is 0 Å². The fraction of sp³-hybridized carbons (Fsp3) is 0.0476. The van der Waals surface area contributed by atoms with Crippen LogP contribution < -0.4 is 5.43 Å². The van der Waals surface area contributed by atoms with Crippen LogP contribution in [0, 0.1) is 10.1 Å². The van der Waals surface area contributed by atoms with E-state index >= 15 is 0 Å². The van der Waals surface area contributed by atoms with E-state index in [9.17, 15) is 14.9 Å². The SMILES string of the molecule is O=C(Cc1cccc2ccccc12)NN=CC=Cc1cccc([N+](=O)[O-])c1. The molecule has 6 heteroatoms. The molecule has 0 radical (unpaired) electrons. The molecule has 0 aliphatic rings. The number of fused-ring (bicyclic) bond motifs is 1. The first-order valence-electron chi connectivity index (χ1n) is 8.33. The fourth-order valence-electron chi connectivity index (χ4n) is 2.71. The van der Waals surface area contributed by atoms with E-state index in [1.165, 1.54) is 18.3 Å². The molecule has 0 saturated carbocycles. The van der Waals surface area contributed by atoms with Crippen LogP contribution in [0.3, 0.4) is 0 Å². The number of allylic oxidation sites excluding steroid dienone is 1. The van der Waals surface area contributed by atoms with Crippen molar-refractivity contribution in [2.24, 2.45) is 5.10 Å². The van der Waals surface area contributed by atoms with E-state index in [-0.39, 0.29) is 18.0 Å². The second-order valence-electron chi connectivity index (χ2n) is 5.84. The number of nitrogens with zero attached hydrogens (tertiary/aromatic N) is 2. The summed E-state index contributed by atoms with van der Waals surface area (Å²) in [5, 5.41) is 16.8. The maximum absolute atomic E-state index is 12.1. The van der Waals surface area contributed by atoms with Gasteiger partial charge in [-0.15, -0.1) is 0 Å². The lowest BCUT2D eigenvalue weighted by atomic mass is 10.0. The molecule has 0 saturated heterocycles. The zero-order valence-electron chi connectivity index (χ0n) is 14.4. The first kappa shape index (κ1) is 18.0. The standard InChI is InChI=1S/C21H17N3O3/c25-21(15-18-10-4-9-17-8-1-2-12-20(17)18)23-22-13-5-7-16-6-3-11-19(14-16)24(26)27/h1-14H,15H2,(H,23,25). The second-order valence-corrected chi connectivity index (χ2v) is 5.84. The number of hydrazone groups is 1. The Kier molecular flexibility index (Phi) is 5.69. The number of carbonyl (C=O) groups is 1. The number of hydrogen-bond donors (Lipinski definition) is 1. The van der Waals surface area contributed by atoms with Crippen LogP contribution in [0.2, 0.25) is 0 Å². The summed E-state index contributed by atoms with van der Waals surface area (Å²) in [5.74, 6) is -0.216. The fourth-order valence-corrected chi connectivity index (χ4v) is 2.71. The Balaban J connectivity index is 1.57. The molecule has 0 heterocycles. The number of non-ortho nitro benzene ring substituents is 1. The molecule has 0 fully saturated rings. The summed E-state index contributed by atoms with van der Waals surface area (Å²) in [4.78, 5) is 22.4. The lowest BCUT2D eigenvalue weighted by Crippen LogP contribution is -2.19. The van der Waals surface area contributed by atoms with E-state index in [1.807, 2.05) is 42.5 Å².